The summed E-state index contributed by atoms with van der Waals surface area (Å²) in [5, 5.41) is 0.726. The van der Waals surface area contributed by atoms with Crippen LogP contribution in [0.2, 0.25) is 0 Å². The first kappa shape index (κ1) is 10.3. The molecule has 0 spiro atoms. The van der Waals surface area contributed by atoms with Crippen LogP contribution < -0.4 is 0 Å². The number of halogens is 2. The van der Waals surface area contributed by atoms with Crippen molar-refractivity contribution in [3.8, 4) is 0 Å². The largest absolute Gasteiger partial charge is 0.114 e. The molecule has 0 aliphatic carbocycles. The predicted molar refractivity (Wildman–Crippen MR) is 48.7 cm³/mol. The molecule has 0 rings (SSSR count). The van der Waals surface area contributed by atoms with E-state index in [4.69, 9.17) is 23.2 Å². The van der Waals surface area contributed by atoms with Crippen LogP contribution in [0.5, 0.6) is 0 Å². The van der Waals surface area contributed by atoms with Gasteiger partial charge in [0.15, 0.2) is 0 Å². The van der Waals surface area contributed by atoms with Crippen LogP contribution in [0.25, 0.3) is 0 Å². The Morgan fingerprint density at radius 3 is 1.90 bits per heavy atom. The van der Waals surface area contributed by atoms with Gasteiger partial charge < -0.3 is 0 Å². The summed E-state index contributed by atoms with van der Waals surface area (Å²) in [6, 6.07) is 0. The van der Waals surface area contributed by atoms with E-state index in [2.05, 4.69) is 13.8 Å². The third kappa shape index (κ3) is 4.19. The first-order chi connectivity index (χ1) is 4.34. The second kappa shape index (κ2) is 3.64. The van der Waals surface area contributed by atoms with E-state index in [0.717, 1.165) is 5.03 Å². The molecule has 0 nitrogen and oxygen atoms in total. The maximum absolute atomic E-state index is 5.93. The average Bonchev–Trinajstić information content (AvgIpc) is 1.60. The molecule has 0 atom stereocenters. The zero-order valence-corrected chi connectivity index (χ0v) is 8.42. The summed E-state index contributed by atoms with van der Waals surface area (Å²) >= 11 is 11.8. The standard InChI is InChI=1S/C8H14Cl2/c1-6(2)5-7(9)8(3,4)10/h5-6H,1-4H3. The molecule has 0 heterocycles. The molecule has 0 radical (unpaired) electrons. The van der Waals surface area contributed by atoms with Crippen molar-refractivity contribution in [1.29, 1.82) is 0 Å². The fraction of sp³-hybridized carbons (Fsp3) is 0.750. The summed E-state index contributed by atoms with van der Waals surface area (Å²) in [6.45, 7) is 7.92. The van der Waals surface area contributed by atoms with E-state index in [0.29, 0.717) is 5.92 Å². The van der Waals surface area contributed by atoms with Crippen LogP contribution in [-0.2, 0) is 0 Å². The van der Waals surface area contributed by atoms with Crippen LogP contribution >= 0.6 is 23.2 Å². The Morgan fingerprint density at radius 1 is 1.40 bits per heavy atom. The van der Waals surface area contributed by atoms with Gasteiger partial charge in [0.25, 0.3) is 0 Å². The number of hydrogen-bond acceptors (Lipinski definition) is 0. The third-order valence-corrected chi connectivity index (χ3v) is 1.95. The van der Waals surface area contributed by atoms with Gasteiger partial charge in [-0.2, -0.15) is 0 Å². The molecule has 0 amide bonds. The SMILES string of the molecule is CC(C)C=C(Cl)C(C)(C)Cl. The Bertz CT molecular complexity index is 129. The summed E-state index contributed by atoms with van der Waals surface area (Å²) in [7, 11) is 0. The van der Waals surface area contributed by atoms with Gasteiger partial charge in [0, 0.05) is 5.03 Å². The summed E-state index contributed by atoms with van der Waals surface area (Å²) in [4.78, 5) is -0.411. The van der Waals surface area contributed by atoms with Gasteiger partial charge in [0.1, 0.15) is 0 Å². The van der Waals surface area contributed by atoms with Crippen molar-refractivity contribution >= 4 is 23.2 Å². The lowest BCUT2D eigenvalue weighted by Gasteiger charge is -2.14. The highest BCUT2D eigenvalue weighted by Crippen LogP contribution is 2.27. The second-order valence-electron chi connectivity index (χ2n) is 3.23. The van der Waals surface area contributed by atoms with E-state index in [9.17, 15) is 0 Å². The number of hydrogen-bond donors (Lipinski definition) is 0. The molecule has 0 aromatic rings. The quantitative estimate of drug-likeness (QED) is 0.568. The Morgan fingerprint density at radius 2 is 1.80 bits per heavy atom. The average molecular weight is 181 g/mol. The number of alkyl halides is 1. The molecule has 0 aromatic heterocycles. The second-order valence-corrected chi connectivity index (χ2v) is 4.58. The summed E-state index contributed by atoms with van der Waals surface area (Å²) in [5.41, 5.74) is 0. The molecule has 0 saturated heterocycles. The van der Waals surface area contributed by atoms with Crippen LogP contribution in [-0.4, -0.2) is 4.87 Å². The normalized spacial score (nSPS) is 14.5. The van der Waals surface area contributed by atoms with Crippen LogP contribution in [0.15, 0.2) is 11.1 Å². The minimum Gasteiger partial charge on any atom is -0.114 e. The van der Waals surface area contributed by atoms with Crippen LogP contribution in [0.3, 0.4) is 0 Å². The smallest absolute Gasteiger partial charge is 0.0741 e. The molecule has 0 unspecified atom stereocenters. The van der Waals surface area contributed by atoms with Gasteiger partial charge in [-0.3, -0.25) is 0 Å². The zero-order valence-electron chi connectivity index (χ0n) is 6.91. The molecule has 60 valence electrons. The van der Waals surface area contributed by atoms with E-state index in [1.54, 1.807) is 0 Å². The predicted octanol–water partition coefficient (Wildman–Crippen LogP) is 3.78. The molecule has 0 saturated carbocycles. The molecule has 0 aliphatic heterocycles. The lowest BCUT2D eigenvalue weighted by molar-refractivity contribution is 0.790. The highest BCUT2D eigenvalue weighted by Gasteiger charge is 2.17. The Kier molecular flexibility index (Phi) is 3.75. The monoisotopic (exact) mass is 180 g/mol. The topological polar surface area (TPSA) is 0 Å². The van der Waals surface area contributed by atoms with Crippen molar-refractivity contribution in [2.75, 3.05) is 0 Å². The van der Waals surface area contributed by atoms with Gasteiger partial charge in [-0.15, -0.1) is 11.6 Å². The van der Waals surface area contributed by atoms with Gasteiger partial charge in [0.05, 0.1) is 4.87 Å². The van der Waals surface area contributed by atoms with E-state index in [-0.39, 0.29) is 0 Å². The highest BCUT2D eigenvalue weighted by molar-refractivity contribution is 6.39. The van der Waals surface area contributed by atoms with Crippen molar-refractivity contribution in [3.63, 3.8) is 0 Å². The molecule has 0 N–H and O–H groups in total. The summed E-state index contributed by atoms with van der Waals surface area (Å²) in [6.07, 6.45) is 1.97. The van der Waals surface area contributed by atoms with Crippen LogP contribution in [0.4, 0.5) is 0 Å². The Labute approximate surface area is 73.2 Å². The lowest BCUT2D eigenvalue weighted by atomic mass is 10.1. The fourth-order valence-corrected chi connectivity index (χ4v) is 0.806. The van der Waals surface area contributed by atoms with Gasteiger partial charge in [0.2, 0.25) is 0 Å². The van der Waals surface area contributed by atoms with E-state index in [1.807, 2.05) is 19.9 Å². The molecule has 10 heavy (non-hydrogen) atoms. The molecule has 2 heteroatoms. The molecule has 0 bridgehead atoms. The van der Waals surface area contributed by atoms with Gasteiger partial charge >= 0.3 is 0 Å². The van der Waals surface area contributed by atoms with Crippen molar-refractivity contribution < 1.29 is 0 Å². The fourth-order valence-electron chi connectivity index (χ4n) is 0.491. The summed E-state index contributed by atoms with van der Waals surface area (Å²) in [5.74, 6) is 0.463. The molecular weight excluding hydrogens is 167 g/mol. The molecule has 0 fully saturated rings. The van der Waals surface area contributed by atoms with Crippen molar-refractivity contribution in [3.05, 3.63) is 11.1 Å². The van der Waals surface area contributed by atoms with Crippen LogP contribution in [0, 0.1) is 5.92 Å². The van der Waals surface area contributed by atoms with Gasteiger partial charge in [-0.25, -0.2) is 0 Å². The molecular formula is C8H14Cl2. The van der Waals surface area contributed by atoms with Crippen molar-refractivity contribution in [1.82, 2.24) is 0 Å². The maximum atomic E-state index is 5.93. The van der Waals surface area contributed by atoms with E-state index in [1.165, 1.54) is 0 Å². The summed E-state index contributed by atoms with van der Waals surface area (Å²) < 4.78 is 0. The zero-order chi connectivity index (χ0) is 8.36. The van der Waals surface area contributed by atoms with Gasteiger partial charge in [-0.05, 0) is 19.8 Å². The highest BCUT2D eigenvalue weighted by atomic mass is 35.5. The van der Waals surface area contributed by atoms with E-state index >= 15 is 0 Å². The lowest BCUT2D eigenvalue weighted by Crippen LogP contribution is -2.10. The van der Waals surface area contributed by atoms with E-state index < -0.39 is 4.87 Å². The first-order valence-electron chi connectivity index (χ1n) is 3.40. The van der Waals surface area contributed by atoms with Crippen molar-refractivity contribution in [2.45, 2.75) is 32.6 Å². The van der Waals surface area contributed by atoms with Gasteiger partial charge in [-0.1, -0.05) is 31.5 Å². The van der Waals surface area contributed by atoms with Crippen LogP contribution in [0.1, 0.15) is 27.7 Å². The Hall–Kier alpha value is 0.320. The first-order valence-corrected chi connectivity index (χ1v) is 4.16. The molecule has 0 aliphatic rings. The molecule has 0 aromatic carbocycles. The third-order valence-electron chi connectivity index (χ3n) is 1.05. The minimum atomic E-state index is -0.411. The van der Waals surface area contributed by atoms with Crippen molar-refractivity contribution in [2.24, 2.45) is 5.92 Å². The number of rotatable bonds is 2. The minimum absolute atomic E-state index is 0.411. The number of allylic oxidation sites excluding steroid dienone is 2. The maximum Gasteiger partial charge on any atom is 0.0741 e. The Balaban J connectivity index is 4.20.